The number of rotatable bonds is 3. The standard InChI is InChI=1S/C14H19NO/c1-12-7-5-6-10-15(12)14(11-16)13-8-3-2-4-9-13/h2-5,7-9,12,14,16H,6,10-11H2,1H3/t12-,14-/m0/s1. The van der Waals surface area contributed by atoms with Crippen LogP contribution in [0.25, 0.3) is 0 Å². The topological polar surface area (TPSA) is 23.5 Å². The molecule has 0 spiro atoms. The number of nitrogens with zero attached hydrogens (tertiary/aromatic N) is 1. The molecule has 2 heteroatoms. The van der Waals surface area contributed by atoms with Gasteiger partial charge in [-0.2, -0.15) is 0 Å². The molecular weight excluding hydrogens is 198 g/mol. The van der Waals surface area contributed by atoms with Crippen molar-refractivity contribution < 1.29 is 5.11 Å². The van der Waals surface area contributed by atoms with Gasteiger partial charge < -0.3 is 5.11 Å². The second-order valence-corrected chi connectivity index (χ2v) is 4.30. The fourth-order valence-corrected chi connectivity index (χ4v) is 2.35. The Bertz CT molecular complexity index is 347. The quantitative estimate of drug-likeness (QED) is 0.786. The predicted molar refractivity (Wildman–Crippen MR) is 66.2 cm³/mol. The van der Waals surface area contributed by atoms with Gasteiger partial charge in [0.2, 0.25) is 0 Å². The fraction of sp³-hybridized carbons (Fsp3) is 0.429. The van der Waals surface area contributed by atoms with Crippen LogP contribution in [0.15, 0.2) is 42.5 Å². The number of hydrogen-bond acceptors (Lipinski definition) is 2. The molecule has 16 heavy (non-hydrogen) atoms. The van der Waals surface area contributed by atoms with Gasteiger partial charge in [-0.1, -0.05) is 42.5 Å². The van der Waals surface area contributed by atoms with E-state index in [2.05, 4.69) is 36.1 Å². The third-order valence-corrected chi connectivity index (χ3v) is 3.25. The zero-order valence-corrected chi connectivity index (χ0v) is 9.71. The van der Waals surface area contributed by atoms with E-state index in [0.717, 1.165) is 13.0 Å². The smallest absolute Gasteiger partial charge is 0.0628 e. The lowest BCUT2D eigenvalue weighted by atomic mass is 10.0. The minimum Gasteiger partial charge on any atom is -0.394 e. The van der Waals surface area contributed by atoms with Crippen LogP contribution in [0, 0.1) is 0 Å². The van der Waals surface area contributed by atoms with Crippen molar-refractivity contribution in [3.05, 3.63) is 48.0 Å². The SMILES string of the molecule is C[C@H]1C=CCCN1[C@@H](CO)c1ccccc1. The second-order valence-electron chi connectivity index (χ2n) is 4.30. The van der Waals surface area contributed by atoms with Crippen LogP contribution in [0.1, 0.15) is 24.9 Å². The maximum atomic E-state index is 9.58. The number of aliphatic hydroxyl groups is 1. The summed E-state index contributed by atoms with van der Waals surface area (Å²) >= 11 is 0. The maximum Gasteiger partial charge on any atom is 0.0628 e. The molecule has 0 fully saturated rings. The summed E-state index contributed by atoms with van der Waals surface area (Å²) in [6.07, 6.45) is 5.52. The van der Waals surface area contributed by atoms with Crippen LogP contribution < -0.4 is 0 Å². The average molecular weight is 217 g/mol. The van der Waals surface area contributed by atoms with Gasteiger partial charge in [-0.25, -0.2) is 0 Å². The Morgan fingerprint density at radius 2 is 2.12 bits per heavy atom. The molecule has 2 nitrogen and oxygen atoms in total. The molecule has 2 atom stereocenters. The summed E-state index contributed by atoms with van der Waals surface area (Å²) in [5, 5.41) is 9.58. The highest BCUT2D eigenvalue weighted by atomic mass is 16.3. The van der Waals surface area contributed by atoms with Gasteiger partial charge in [-0.05, 0) is 18.9 Å². The first-order valence-corrected chi connectivity index (χ1v) is 5.91. The molecule has 1 aromatic carbocycles. The van der Waals surface area contributed by atoms with E-state index in [0.29, 0.717) is 6.04 Å². The summed E-state index contributed by atoms with van der Waals surface area (Å²) < 4.78 is 0. The van der Waals surface area contributed by atoms with Crippen LogP contribution in [0.3, 0.4) is 0 Å². The highest BCUT2D eigenvalue weighted by molar-refractivity contribution is 5.20. The summed E-state index contributed by atoms with van der Waals surface area (Å²) in [6.45, 7) is 3.39. The molecule has 1 N–H and O–H groups in total. The molecule has 1 aliphatic rings. The Labute approximate surface area is 97.2 Å². The van der Waals surface area contributed by atoms with Gasteiger partial charge in [0, 0.05) is 12.6 Å². The van der Waals surface area contributed by atoms with E-state index in [9.17, 15) is 5.11 Å². The van der Waals surface area contributed by atoms with Crippen molar-refractivity contribution in [2.24, 2.45) is 0 Å². The Hall–Kier alpha value is -1.12. The van der Waals surface area contributed by atoms with Gasteiger partial charge in [0.05, 0.1) is 12.6 Å². The lowest BCUT2D eigenvalue weighted by molar-refractivity contribution is 0.102. The number of aliphatic hydroxyl groups excluding tert-OH is 1. The largest absolute Gasteiger partial charge is 0.394 e. The number of benzene rings is 1. The molecular formula is C14H19NO. The lowest BCUT2D eigenvalue weighted by Crippen LogP contribution is -2.39. The Morgan fingerprint density at radius 3 is 2.75 bits per heavy atom. The molecule has 2 rings (SSSR count). The molecule has 0 aromatic heterocycles. The molecule has 1 heterocycles. The first-order chi connectivity index (χ1) is 7.83. The van der Waals surface area contributed by atoms with Crippen LogP contribution in [0.2, 0.25) is 0 Å². The Morgan fingerprint density at radius 1 is 1.38 bits per heavy atom. The van der Waals surface area contributed by atoms with Gasteiger partial charge in [0.25, 0.3) is 0 Å². The van der Waals surface area contributed by atoms with Crippen molar-refractivity contribution in [1.29, 1.82) is 0 Å². The van der Waals surface area contributed by atoms with Gasteiger partial charge in [-0.3, -0.25) is 4.90 Å². The summed E-state index contributed by atoms with van der Waals surface area (Å²) in [6, 6.07) is 10.8. The molecule has 86 valence electrons. The molecule has 1 aromatic rings. The van der Waals surface area contributed by atoms with Crippen LogP contribution in [0.4, 0.5) is 0 Å². The van der Waals surface area contributed by atoms with E-state index in [4.69, 9.17) is 0 Å². The van der Waals surface area contributed by atoms with Crippen molar-refractivity contribution >= 4 is 0 Å². The predicted octanol–water partition coefficient (Wildman–Crippen LogP) is 2.37. The molecule has 0 saturated heterocycles. The van der Waals surface area contributed by atoms with Crippen molar-refractivity contribution in [3.63, 3.8) is 0 Å². The molecule has 0 bridgehead atoms. The zero-order valence-electron chi connectivity index (χ0n) is 9.71. The molecule has 0 saturated carbocycles. The fourth-order valence-electron chi connectivity index (χ4n) is 2.35. The van der Waals surface area contributed by atoms with E-state index in [1.54, 1.807) is 0 Å². The molecule has 0 aliphatic carbocycles. The normalized spacial score (nSPS) is 23.2. The van der Waals surface area contributed by atoms with Crippen LogP contribution in [-0.4, -0.2) is 29.2 Å². The minimum absolute atomic E-state index is 0.126. The third kappa shape index (κ3) is 2.34. The second kappa shape index (κ2) is 5.28. The first kappa shape index (κ1) is 11.4. The van der Waals surface area contributed by atoms with Crippen LogP contribution >= 0.6 is 0 Å². The van der Waals surface area contributed by atoms with E-state index in [1.165, 1.54) is 5.56 Å². The highest BCUT2D eigenvalue weighted by Gasteiger charge is 2.23. The molecule has 0 unspecified atom stereocenters. The van der Waals surface area contributed by atoms with Gasteiger partial charge >= 0.3 is 0 Å². The third-order valence-electron chi connectivity index (χ3n) is 3.25. The highest BCUT2D eigenvalue weighted by Crippen LogP contribution is 2.25. The summed E-state index contributed by atoms with van der Waals surface area (Å²) in [7, 11) is 0. The van der Waals surface area contributed by atoms with E-state index < -0.39 is 0 Å². The van der Waals surface area contributed by atoms with E-state index in [-0.39, 0.29) is 12.6 Å². The van der Waals surface area contributed by atoms with Crippen LogP contribution in [0.5, 0.6) is 0 Å². The number of hydrogen-bond donors (Lipinski definition) is 1. The maximum absolute atomic E-state index is 9.58. The summed E-state index contributed by atoms with van der Waals surface area (Å²) in [4.78, 5) is 2.36. The molecule has 1 aliphatic heterocycles. The Kier molecular flexibility index (Phi) is 3.75. The van der Waals surface area contributed by atoms with E-state index >= 15 is 0 Å². The van der Waals surface area contributed by atoms with E-state index in [1.807, 2.05) is 18.2 Å². The molecule has 0 amide bonds. The van der Waals surface area contributed by atoms with Gasteiger partial charge in [0.1, 0.15) is 0 Å². The Balaban J connectivity index is 2.19. The zero-order chi connectivity index (χ0) is 11.4. The van der Waals surface area contributed by atoms with Crippen molar-refractivity contribution in [2.75, 3.05) is 13.2 Å². The minimum atomic E-state index is 0.126. The average Bonchev–Trinajstić information content (AvgIpc) is 2.34. The van der Waals surface area contributed by atoms with Gasteiger partial charge in [-0.15, -0.1) is 0 Å². The summed E-state index contributed by atoms with van der Waals surface area (Å²) in [5.41, 5.74) is 1.20. The van der Waals surface area contributed by atoms with Crippen molar-refractivity contribution in [2.45, 2.75) is 25.4 Å². The monoisotopic (exact) mass is 217 g/mol. The first-order valence-electron chi connectivity index (χ1n) is 5.91. The van der Waals surface area contributed by atoms with Gasteiger partial charge in [0.15, 0.2) is 0 Å². The lowest BCUT2D eigenvalue weighted by Gasteiger charge is -2.36. The molecule has 0 radical (unpaired) electrons. The van der Waals surface area contributed by atoms with Crippen LogP contribution in [-0.2, 0) is 0 Å². The van der Waals surface area contributed by atoms with Crippen molar-refractivity contribution in [3.8, 4) is 0 Å². The van der Waals surface area contributed by atoms with Crippen molar-refractivity contribution in [1.82, 2.24) is 4.90 Å². The summed E-state index contributed by atoms with van der Waals surface area (Å²) in [5.74, 6) is 0.